The van der Waals surface area contributed by atoms with Crippen molar-refractivity contribution in [3.8, 4) is 0 Å². The molecule has 0 heterocycles. The molecular weight excluding hydrogens is 218 g/mol. The molecule has 0 radical (unpaired) electrons. The Kier molecular flexibility index (Phi) is 5.86. The summed E-state index contributed by atoms with van der Waals surface area (Å²) in [5.41, 5.74) is 2.51. The van der Waals surface area contributed by atoms with E-state index in [1.165, 1.54) is 30.4 Å². The van der Waals surface area contributed by atoms with Gasteiger partial charge in [0.25, 0.3) is 0 Å². The number of halogens is 1. The Morgan fingerprint density at radius 3 is 2.69 bits per heavy atom. The molecule has 1 atom stereocenters. The molecule has 1 aromatic carbocycles. The van der Waals surface area contributed by atoms with Crippen molar-refractivity contribution in [3.63, 3.8) is 0 Å². The maximum atomic E-state index is 6.20. The molecule has 0 bridgehead atoms. The third kappa shape index (κ3) is 4.15. The van der Waals surface area contributed by atoms with Crippen LogP contribution in [0.1, 0.15) is 37.3 Å². The van der Waals surface area contributed by atoms with Gasteiger partial charge in [-0.15, -0.1) is 0 Å². The Labute approximate surface area is 104 Å². The minimum absolute atomic E-state index is 0.643. The van der Waals surface area contributed by atoms with Crippen molar-refractivity contribution >= 4 is 11.6 Å². The fraction of sp³-hybridized carbons (Fsp3) is 0.571. The maximum absolute atomic E-state index is 6.20. The number of nitrogens with one attached hydrogen (secondary N) is 1. The quantitative estimate of drug-likeness (QED) is 0.792. The first-order chi connectivity index (χ1) is 7.67. The van der Waals surface area contributed by atoms with Gasteiger partial charge in [0.2, 0.25) is 0 Å². The summed E-state index contributed by atoms with van der Waals surface area (Å²) in [4.78, 5) is 0. The highest BCUT2D eigenvalue weighted by atomic mass is 35.5. The molecule has 0 saturated carbocycles. The van der Waals surface area contributed by atoms with Gasteiger partial charge >= 0.3 is 0 Å². The molecule has 0 fully saturated rings. The number of rotatable bonds is 6. The average molecular weight is 240 g/mol. The van der Waals surface area contributed by atoms with Gasteiger partial charge in [0.15, 0.2) is 0 Å². The van der Waals surface area contributed by atoms with E-state index in [2.05, 4.69) is 31.3 Å². The zero-order valence-electron chi connectivity index (χ0n) is 10.5. The first-order valence-electron chi connectivity index (χ1n) is 6.09. The van der Waals surface area contributed by atoms with Crippen molar-refractivity contribution in [1.29, 1.82) is 0 Å². The van der Waals surface area contributed by atoms with Crippen LogP contribution in [0.2, 0.25) is 5.02 Å². The van der Waals surface area contributed by atoms with Gasteiger partial charge in [-0.05, 0) is 56.8 Å². The van der Waals surface area contributed by atoms with Crippen molar-refractivity contribution in [3.05, 3.63) is 34.3 Å². The van der Waals surface area contributed by atoms with Crippen LogP contribution in [0.5, 0.6) is 0 Å². The zero-order valence-corrected chi connectivity index (χ0v) is 11.3. The Bertz CT molecular complexity index is 319. The number of aryl methyl sites for hydroxylation is 2. The predicted octanol–water partition coefficient (Wildman–Crippen LogP) is 3.97. The molecule has 1 unspecified atom stereocenters. The number of hydrogen-bond acceptors (Lipinski definition) is 1. The summed E-state index contributed by atoms with van der Waals surface area (Å²) in [6.45, 7) is 4.30. The molecule has 0 aliphatic heterocycles. The lowest BCUT2D eigenvalue weighted by atomic mass is 10.0. The van der Waals surface area contributed by atoms with E-state index in [4.69, 9.17) is 11.6 Å². The van der Waals surface area contributed by atoms with Crippen LogP contribution in [-0.4, -0.2) is 13.1 Å². The smallest absolute Gasteiger partial charge is 0.0440 e. The molecule has 0 amide bonds. The lowest BCUT2D eigenvalue weighted by Crippen LogP contribution is -2.23. The van der Waals surface area contributed by atoms with Gasteiger partial charge in [-0.25, -0.2) is 0 Å². The van der Waals surface area contributed by atoms with Gasteiger partial charge in [-0.2, -0.15) is 0 Å². The molecule has 1 N–H and O–H groups in total. The summed E-state index contributed by atoms with van der Waals surface area (Å²) in [6, 6.07) is 6.98. The first kappa shape index (κ1) is 13.5. The van der Waals surface area contributed by atoms with Gasteiger partial charge in [-0.3, -0.25) is 0 Å². The van der Waals surface area contributed by atoms with Crippen molar-refractivity contribution in [2.75, 3.05) is 7.05 Å². The predicted molar refractivity (Wildman–Crippen MR) is 72.3 cm³/mol. The molecule has 0 aliphatic rings. The van der Waals surface area contributed by atoms with E-state index in [-0.39, 0.29) is 0 Å². The van der Waals surface area contributed by atoms with Crippen molar-refractivity contribution < 1.29 is 0 Å². The van der Waals surface area contributed by atoms with Gasteiger partial charge in [-0.1, -0.05) is 30.7 Å². The third-order valence-corrected chi connectivity index (χ3v) is 3.46. The Balaban J connectivity index is 2.42. The second-order valence-corrected chi connectivity index (χ2v) is 4.79. The van der Waals surface area contributed by atoms with E-state index in [1.54, 1.807) is 0 Å². The van der Waals surface area contributed by atoms with Gasteiger partial charge in [0, 0.05) is 11.1 Å². The molecule has 1 aromatic rings. The molecular formula is C14H22ClN. The van der Waals surface area contributed by atoms with Crippen molar-refractivity contribution in [1.82, 2.24) is 5.32 Å². The van der Waals surface area contributed by atoms with Crippen LogP contribution >= 0.6 is 11.6 Å². The molecule has 0 aromatic heterocycles. The van der Waals surface area contributed by atoms with E-state index in [9.17, 15) is 0 Å². The first-order valence-corrected chi connectivity index (χ1v) is 6.47. The summed E-state index contributed by atoms with van der Waals surface area (Å²) in [5.74, 6) is 0. The Morgan fingerprint density at radius 1 is 1.38 bits per heavy atom. The Morgan fingerprint density at radius 2 is 2.12 bits per heavy atom. The van der Waals surface area contributed by atoms with Crippen LogP contribution in [-0.2, 0) is 6.42 Å². The van der Waals surface area contributed by atoms with E-state index in [0.29, 0.717) is 6.04 Å². The second-order valence-electron chi connectivity index (χ2n) is 4.38. The van der Waals surface area contributed by atoms with E-state index >= 15 is 0 Å². The number of hydrogen-bond donors (Lipinski definition) is 1. The van der Waals surface area contributed by atoms with E-state index in [0.717, 1.165) is 11.4 Å². The van der Waals surface area contributed by atoms with Crippen LogP contribution in [0.3, 0.4) is 0 Å². The fourth-order valence-electron chi connectivity index (χ4n) is 1.95. The molecule has 0 saturated heterocycles. The SMILES string of the molecule is CCC(CCCc1ccc(C)cc1Cl)NC. The molecule has 0 spiro atoms. The van der Waals surface area contributed by atoms with Gasteiger partial charge < -0.3 is 5.32 Å². The third-order valence-electron chi connectivity index (χ3n) is 3.11. The summed E-state index contributed by atoms with van der Waals surface area (Å²) in [6.07, 6.45) is 4.69. The highest BCUT2D eigenvalue weighted by Crippen LogP contribution is 2.20. The fourth-order valence-corrected chi connectivity index (χ4v) is 2.28. The second kappa shape index (κ2) is 6.93. The van der Waals surface area contributed by atoms with Crippen molar-refractivity contribution in [2.45, 2.75) is 45.6 Å². The molecule has 90 valence electrons. The normalized spacial score (nSPS) is 12.8. The van der Waals surface area contributed by atoms with Crippen LogP contribution in [0.4, 0.5) is 0 Å². The monoisotopic (exact) mass is 239 g/mol. The molecule has 1 rings (SSSR count). The minimum Gasteiger partial charge on any atom is -0.317 e. The highest BCUT2D eigenvalue weighted by molar-refractivity contribution is 6.31. The van der Waals surface area contributed by atoms with Crippen LogP contribution in [0, 0.1) is 6.92 Å². The number of benzene rings is 1. The molecule has 16 heavy (non-hydrogen) atoms. The average Bonchev–Trinajstić information content (AvgIpc) is 2.27. The van der Waals surface area contributed by atoms with Crippen molar-refractivity contribution in [2.24, 2.45) is 0 Å². The van der Waals surface area contributed by atoms with Gasteiger partial charge in [0.1, 0.15) is 0 Å². The molecule has 1 nitrogen and oxygen atoms in total. The standard InChI is InChI=1S/C14H22ClN/c1-4-13(16-3)7-5-6-12-9-8-11(2)10-14(12)15/h8-10,13,16H,4-7H2,1-3H3. The van der Waals surface area contributed by atoms with E-state index in [1.807, 2.05) is 13.1 Å². The largest absolute Gasteiger partial charge is 0.317 e. The van der Waals surface area contributed by atoms with Gasteiger partial charge in [0.05, 0.1) is 0 Å². The van der Waals surface area contributed by atoms with Crippen LogP contribution in [0.25, 0.3) is 0 Å². The minimum atomic E-state index is 0.643. The summed E-state index contributed by atoms with van der Waals surface area (Å²) >= 11 is 6.20. The van der Waals surface area contributed by atoms with Crippen LogP contribution < -0.4 is 5.32 Å². The zero-order chi connectivity index (χ0) is 12.0. The summed E-state index contributed by atoms with van der Waals surface area (Å²) in [5, 5.41) is 4.24. The topological polar surface area (TPSA) is 12.0 Å². The highest BCUT2D eigenvalue weighted by Gasteiger charge is 2.04. The van der Waals surface area contributed by atoms with E-state index < -0.39 is 0 Å². The lowest BCUT2D eigenvalue weighted by Gasteiger charge is -2.13. The Hall–Kier alpha value is -0.530. The molecule has 2 heteroatoms. The molecule has 0 aliphatic carbocycles. The lowest BCUT2D eigenvalue weighted by molar-refractivity contribution is 0.492. The van der Waals surface area contributed by atoms with Crippen LogP contribution in [0.15, 0.2) is 18.2 Å². The summed E-state index contributed by atoms with van der Waals surface area (Å²) in [7, 11) is 2.03. The summed E-state index contributed by atoms with van der Waals surface area (Å²) < 4.78 is 0. The maximum Gasteiger partial charge on any atom is 0.0440 e.